The van der Waals surface area contributed by atoms with Gasteiger partial charge in [0.2, 0.25) is 0 Å². The molecule has 1 unspecified atom stereocenters. The van der Waals surface area contributed by atoms with Crippen LogP contribution >= 0.6 is 0 Å². The Kier molecular flexibility index (Phi) is 3.32. The molecule has 124 valence electrons. The van der Waals surface area contributed by atoms with E-state index in [1.807, 2.05) is 0 Å². The fourth-order valence-corrected chi connectivity index (χ4v) is 7.37. The van der Waals surface area contributed by atoms with Crippen molar-refractivity contribution >= 4 is 5.78 Å². The molecule has 2 nitrogen and oxygen atoms in total. The van der Waals surface area contributed by atoms with Crippen LogP contribution in [0.5, 0.6) is 0 Å². The number of rotatable bonds is 0. The van der Waals surface area contributed by atoms with Crippen LogP contribution in [0.1, 0.15) is 72.1 Å². The fourth-order valence-electron chi connectivity index (χ4n) is 7.37. The third kappa shape index (κ3) is 1.79. The highest BCUT2D eigenvalue weighted by molar-refractivity contribution is 5.80. The minimum absolute atomic E-state index is 0.00395. The summed E-state index contributed by atoms with van der Waals surface area (Å²) in [6.45, 7) is 7.33. The molecule has 0 aromatic carbocycles. The highest BCUT2D eigenvalue weighted by atomic mass is 16.3. The molecule has 2 heteroatoms. The predicted molar refractivity (Wildman–Crippen MR) is 87.3 cm³/mol. The van der Waals surface area contributed by atoms with Gasteiger partial charge in [0, 0.05) is 18.3 Å². The summed E-state index contributed by atoms with van der Waals surface area (Å²) in [6.07, 6.45) is 8.63. The van der Waals surface area contributed by atoms with Crippen LogP contribution in [0, 0.1) is 40.4 Å². The molecule has 22 heavy (non-hydrogen) atoms. The number of fused-ring (bicyclic) bond motifs is 5. The van der Waals surface area contributed by atoms with E-state index in [4.69, 9.17) is 0 Å². The van der Waals surface area contributed by atoms with E-state index in [1.54, 1.807) is 0 Å². The lowest BCUT2D eigenvalue weighted by Crippen LogP contribution is -2.58. The zero-order valence-corrected chi connectivity index (χ0v) is 14.5. The van der Waals surface area contributed by atoms with E-state index in [9.17, 15) is 9.90 Å². The Morgan fingerprint density at radius 3 is 2.55 bits per heavy atom. The number of ketones is 1. The molecule has 0 spiro atoms. The molecule has 0 heterocycles. The molecule has 4 fully saturated rings. The summed E-state index contributed by atoms with van der Waals surface area (Å²) >= 11 is 0. The molecular weight excluding hydrogens is 272 g/mol. The SMILES string of the molecule is C[C@@H]1CC[C@H]2[C@@H]3CC[C@H]4CC(=O)CC(O)[C@]4(C)[C@H]3CC[C@]12C. The zero-order valence-electron chi connectivity index (χ0n) is 14.5. The van der Waals surface area contributed by atoms with E-state index < -0.39 is 6.10 Å². The number of carbonyl (C=O) groups excluding carboxylic acids is 1. The topological polar surface area (TPSA) is 37.3 Å². The summed E-state index contributed by atoms with van der Waals surface area (Å²) in [5.41, 5.74) is 0.545. The number of Topliss-reactive ketones (excluding diaryl/α,β-unsaturated/α-hetero) is 1. The zero-order chi connectivity index (χ0) is 15.7. The first-order chi connectivity index (χ1) is 10.4. The summed E-state index contributed by atoms with van der Waals surface area (Å²) < 4.78 is 0. The fraction of sp³-hybridized carbons (Fsp3) is 0.950. The Morgan fingerprint density at radius 2 is 1.77 bits per heavy atom. The summed E-state index contributed by atoms with van der Waals surface area (Å²) in [5.74, 6) is 3.91. The van der Waals surface area contributed by atoms with Gasteiger partial charge in [0.15, 0.2) is 0 Å². The predicted octanol–water partition coefficient (Wildman–Crippen LogP) is 4.21. The van der Waals surface area contributed by atoms with E-state index in [-0.39, 0.29) is 5.41 Å². The molecule has 4 aliphatic carbocycles. The molecule has 0 aromatic rings. The largest absolute Gasteiger partial charge is 0.392 e. The Hall–Kier alpha value is -0.370. The van der Waals surface area contributed by atoms with Gasteiger partial charge in [0.25, 0.3) is 0 Å². The second-order valence-electron chi connectivity index (χ2n) is 9.50. The first kappa shape index (κ1) is 15.2. The minimum atomic E-state index is -0.394. The summed E-state index contributed by atoms with van der Waals surface area (Å²) in [6, 6.07) is 0. The van der Waals surface area contributed by atoms with Gasteiger partial charge >= 0.3 is 0 Å². The Balaban J connectivity index is 1.67. The third-order valence-electron chi connectivity index (χ3n) is 9.05. The lowest BCUT2D eigenvalue weighted by atomic mass is 9.44. The quantitative estimate of drug-likeness (QED) is 0.728. The normalized spacial score (nSPS) is 57.9. The molecule has 4 rings (SSSR count). The molecule has 1 N–H and O–H groups in total. The smallest absolute Gasteiger partial charge is 0.135 e. The van der Waals surface area contributed by atoms with Crippen LogP contribution in [0.2, 0.25) is 0 Å². The lowest BCUT2D eigenvalue weighted by molar-refractivity contribution is -0.170. The van der Waals surface area contributed by atoms with E-state index >= 15 is 0 Å². The van der Waals surface area contributed by atoms with Crippen molar-refractivity contribution in [2.45, 2.75) is 78.2 Å². The maximum Gasteiger partial charge on any atom is 0.135 e. The Bertz CT molecular complexity index is 486. The van der Waals surface area contributed by atoms with Gasteiger partial charge in [-0.15, -0.1) is 0 Å². The van der Waals surface area contributed by atoms with E-state index in [0.717, 1.165) is 24.2 Å². The minimum Gasteiger partial charge on any atom is -0.392 e. The van der Waals surface area contributed by atoms with Crippen LogP contribution in [0.4, 0.5) is 0 Å². The van der Waals surface area contributed by atoms with Gasteiger partial charge in [-0.1, -0.05) is 20.8 Å². The van der Waals surface area contributed by atoms with Crippen LogP contribution in [0.3, 0.4) is 0 Å². The van der Waals surface area contributed by atoms with Crippen molar-refractivity contribution in [2.24, 2.45) is 40.4 Å². The molecule has 0 amide bonds. The summed E-state index contributed by atoms with van der Waals surface area (Å²) in [7, 11) is 0. The highest BCUT2D eigenvalue weighted by Gasteiger charge is 2.61. The molecule has 0 saturated heterocycles. The van der Waals surface area contributed by atoms with Crippen LogP contribution in [-0.4, -0.2) is 17.0 Å². The van der Waals surface area contributed by atoms with Crippen LogP contribution < -0.4 is 0 Å². The van der Waals surface area contributed by atoms with Crippen molar-refractivity contribution < 1.29 is 9.90 Å². The van der Waals surface area contributed by atoms with Crippen LogP contribution in [-0.2, 0) is 4.79 Å². The molecule has 0 aromatic heterocycles. The van der Waals surface area contributed by atoms with Crippen molar-refractivity contribution in [3.8, 4) is 0 Å². The van der Waals surface area contributed by atoms with Gasteiger partial charge in [-0.25, -0.2) is 0 Å². The molecule has 8 atom stereocenters. The molecule has 0 radical (unpaired) electrons. The second-order valence-corrected chi connectivity index (χ2v) is 9.50. The van der Waals surface area contributed by atoms with Gasteiger partial charge in [-0.05, 0) is 73.5 Å². The van der Waals surface area contributed by atoms with Crippen molar-refractivity contribution in [1.29, 1.82) is 0 Å². The Labute approximate surface area is 135 Å². The summed E-state index contributed by atoms with van der Waals surface area (Å²) in [4.78, 5) is 11.9. The second kappa shape index (κ2) is 4.82. The monoisotopic (exact) mass is 304 g/mol. The molecule has 4 aliphatic rings. The summed E-state index contributed by atoms with van der Waals surface area (Å²) in [5, 5.41) is 10.8. The van der Waals surface area contributed by atoms with Gasteiger partial charge in [0.1, 0.15) is 5.78 Å². The number of carbonyl (C=O) groups is 1. The average Bonchev–Trinajstić information content (AvgIpc) is 2.77. The maximum atomic E-state index is 11.9. The van der Waals surface area contributed by atoms with Gasteiger partial charge in [-0.3, -0.25) is 4.79 Å². The number of hydrogen-bond acceptors (Lipinski definition) is 2. The third-order valence-corrected chi connectivity index (χ3v) is 9.05. The van der Waals surface area contributed by atoms with Crippen molar-refractivity contribution in [3.63, 3.8) is 0 Å². The molecule has 4 saturated carbocycles. The number of hydrogen-bond donors (Lipinski definition) is 1. The lowest BCUT2D eigenvalue weighted by Gasteiger charge is -2.61. The van der Waals surface area contributed by atoms with Crippen LogP contribution in [0.15, 0.2) is 0 Å². The van der Waals surface area contributed by atoms with Gasteiger partial charge in [-0.2, -0.15) is 0 Å². The molecular formula is C20H32O2. The van der Waals surface area contributed by atoms with Crippen molar-refractivity contribution in [2.75, 3.05) is 0 Å². The van der Waals surface area contributed by atoms with E-state index in [0.29, 0.717) is 29.5 Å². The van der Waals surface area contributed by atoms with Gasteiger partial charge < -0.3 is 5.11 Å². The average molecular weight is 304 g/mol. The van der Waals surface area contributed by atoms with Gasteiger partial charge in [0.05, 0.1) is 6.10 Å². The highest BCUT2D eigenvalue weighted by Crippen LogP contribution is 2.67. The Morgan fingerprint density at radius 1 is 1.00 bits per heavy atom. The first-order valence-electron chi connectivity index (χ1n) is 9.57. The molecule has 0 aliphatic heterocycles. The molecule has 0 bridgehead atoms. The number of aliphatic hydroxyl groups is 1. The number of aliphatic hydroxyl groups excluding tert-OH is 1. The van der Waals surface area contributed by atoms with Crippen molar-refractivity contribution in [1.82, 2.24) is 0 Å². The van der Waals surface area contributed by atoms with E-state index in [1.165, 1.54) is 38.5 Å². The van der Waals surface area contributed by atoms with Crippen LogP contribution in [0.25, 0.3) is 0 Å². The standard InChI is InChI=1S/C20H32O2/c1-12-4-7-16-15-6-5-13-10-14(21)11-18(22)20(13,3)17(15)8-9-19(12,16)2/h12-13,15-18,22H,4-11H2,1-3H3/t12-,13+,15+,16+,17+,18?,19-,20+/m1/s1. The first-order valence-corrected chi connectivity index (χ1v) is 9.57. The maximum absolute atomic E-state index is 11.9. The van der Waals surface area contributed by atoms with E-state index in [2.05, 4.69) is 20.8 Å². The van der Waals surface area contributed by atoms with Crippen molar-refractivity contribution in [3.05, 3.63) is 0 Å².